The van der Waals surface area contributed by atoms with Gasteiger partial charge in [-0.15, -0.1) is 0 Å². The summed E-state index contributed by atoms with van der Waals surface area (Å²) in [6, 6.07) is 0.342. The number of carbonyl (C=O) groups is 1. The number of carbonyl (C=O) groups excluding carboxylic acids is 1. The molecule has 0 aromatic carbocycles. The number of amides is 1. The zero-order valence-corrected chi connectivity index (χ0v) is 13.9. The third-order valence-corrected chi connectivity index (χ3v) is 5.10. The van der Waals surface area contributed by atoms with Crippen LogP contribution in [0.25, 0.3) is 0 Å². The summed E-state index contributed by atoms with van der Waals surface area (Å²) in [5.41, 5.74) is 0.241. The second-order valence-electron chi connectivity index (χ2n) is 6.59. The summed E-state index contributed by atoms with van der Waals surface area (Å²) in [6.45, 7) is 13.0. The molecule has 0 spiro atoms. The van der Waals surface area contributed by atoms with Gasteiger partial charge in [-0.1, -0.05) is 29.8 Å². The van der Waals surface area contributed by atoms with Gasteiger partial charge in [0.2, 0.25) is 5.91 Å². The molecular weight excluding hydrogens is 292 g/mol. The van der Waals surface area contributed by atoms with Crippen LogP contribution in [0.15, 0.2) is 0 Å². The smallest absolute Gasteiger partial charge is 0.234 e. The minimum atomic E-state index is -0.0712. The third-order valence-electron chi connectivity index (χ3n) is 3.63. The van der Waals surface area contributed by atoms with Crippen molar-refractivity contribution in [2.24, 2.45) is 5.92 Å². The first-order valence-corrected chi connectivity index (χ1v) is 7.83. The molecule has 0 aromatic rings. The molecule has 1 heterocycles. The van der Waals surface area contributed by atoms with Crippen molar-refractivity contribution >= 4 is 21.8 Å². The fourth-order valence-electron chi connectivity index (χ4n) is 2.28. The predicted molar refractivity (Wildman–Crippen MR) is 80.0 cm³/mol. The zero-order valence-electron chi connectivity index (χ0n) is 12.3. The standard InChI is InChI=1S/C14H27BrN2O/c1-10(2)12(15)13(18)16-11-6-8-17(9-7-11)14(3,4)5/h10-12H,6-9H2,1-5H3,(H,16,18). The van der Waals surface area contributed by atoms with Gasteiger partial charge in [-0.2, -0.15) is 0 Å². The largest absolute Gasteiger partial charge is 0.352 e. The molecule has 1 atom stereocenters. The molecule has 0 saturated carbocycles. The second kappa shape index (κ2) is 6.38. The van der Waals surface area contributed by atoms with E-state index < -0.39 is 0 Å². The topological polar surface area (TPSA) is 32.3 Å². The highest BCUT2D eigenvalue weighted by Gasteiger charge is 2.28. The van der Waals surface area contributed by atoms with Crippen molar-refractivity contribution in [3.8, 4) is 0 Å². The van der Waals surface area contributed by atoms with Crippen molar-refractivity contribution in [3.63, 3.8) is 0 Å². The molecule has 1 N–H and O–H groups in total. The maximum absolute atomic E-state index is 12.0. The molecule has 1 aliphatic heterocycles. The van der Waals surface area contributed by atoms with Crippen LogP contribution >= 0.6 is 15.9 Å². The lowest BCUT2D eigenvalue weighted by Gasteiger charge is -2.41. The molecule has 0 aliphatic carbocycles. The number of piperidine rings is 1. The summed E-state index contributed by atoms with van der Waals surface area (Å²) >= 11 is 3.46. The fourth-order valence-corrected chi connectivity index (χ4v) is 2.41. The second-order valence-corrected chi connectivity index (χ2v) is 7.57. The molecule has 1 fully saturated rings. The van der Waals surface area contributed by atoms with Gasteiger partial charge < -0.3 is 5.32 Å². The quantitative estimate of drug-likeness (QED) is 0.811. The van der Waals surface area contributed by atoms with Crippen LogP contribution in [0.4, 0.5) is 0 Å². The van der Waals surface area contributed by atoms with Crippen LogP contribution in [-0.2, 0) is 4.79 Å². The van der Waals surface area contributed by atoms with Crippen LogP contribution in [0.2, 0.25) is 0 Å². The number of hydrogen-bond donors (Lipinski definition) is 1. The van der Waals surface area contributed by atoms with Crippen molar-refractivity contribution in [1.82, 2.24) is 10.2 Å². The van der Waals surface area contributed by atoms with Crippen LogP contribution < -0.4 is 5.32 Å². The van der Waals surface area contributed by atoms with E-state index in [4.69, 9.17) is 0 Å². The maximum atomic E-state index is 12.0. The van der Waals surface area contributed by atoms with E-state index in [9.17, 15) is 4.79 Å². The van der Waals surface area contributed by atoms with Gasteiger partial charge in [0.15, 0.2) is 0 Å². The Labute approximate surface area is 120 Å². The van der Waals surface area contributed by atoms with Crippen molar-refractivity contribution in [2.75, 3.05) is 13.1 Å². The number of nitrogens with one attached hydrogen (secondary N) is 1. The molecule has 3 nitrogen and oxygen atoms in total. The van der Waals surface area contributed by atoms with Crippen molar-refractivity contribution in [1.29, 1.82) is 0 Å². The number of likely N-dealkylation sites (tertiary alicyclic amines) is 1. The average molecular weight is 319 g/mol. The lowest BCUT2D eigenvalue weighted by atomic mass is 9.98. The monoisotopic (exact) mass is 318 g/mol. The summed E-state index contributed by atoms with van der Waals surface area (Å²) in [5.74, 6) is 0.471. The SMILES string of the molecule is CC(C)C(Br)C(=O)NC1CCN(C(C)(C)C)CC1. The van der Waals surface area contributed by atoms with E-state index in [-0.39, 0.29) is 16.3 Å². The molecule has 1 saturated heterocycles. The van der Waals surface area contributed by atoms with Crippen molar-refractivity contribution < 1.29 is 4.79 Å². The lowest BCUT2D eigenvalue weighted by Crippen LogP contribution is -2.52. The molecule has 4 heteroatoms. The van der Waals surface area contributed by atoms with Gasteiger partial charge in [-0.3, -0.25) is 9.69 Å². The highest BCUT2D eigenvalue weighted by Crippen LogP contribution is 2.20. The normalized spacial score (nSPS) is 21.1. The Balaban J connectivity index is 2.38. The fraction of sp³-hybridized carbons (Fsp3) is 0.929. The highest BCUT2D eigenvalue weighted by atomic mass is 79.9. The maximum Gasteiger partial charge on any atom is 0.234 e. The van der Waals surface area contributed by atoms with Gasteiger partial charge in [0.25, 0.3) is 0 Å². The van der Waals surface area contributed by atoms with Crippen LogP contribution in [-0.4, -0.2) is 40.3 Å². The molecule has 0 aromatic heterocycles. The molecule has 106 valence electrons. The van der Waals surface area contributed by atoms with Gasteiger partial charge in [-0.25, -0.2) is 0 Å². The van der Waals surface area contributed by atoms with Gasteiger partial charge in [0.05, 0.1) is 4.83 Å². The Morgan fingerprint density at radius 1 is 1.28 bits per heavy atom. The van der Waals surface area contributed by atoms with E-state index in [2.05, 4.69) is 60.8 Å². The summed E-state index contributed by atoms with van der Waals surface area (Å²) in [6.07, 6.45) is 2.11. The first-order chi connectivity index (χ1) is 8.21. The van der Waals surface area contributed by atoms with Gasteiger partial charge in [-0.05, 0) is 39.5 Å². The Morgan fingerprint density at radius 3 is 2.17 bits per heavy atom. The Bertz CT molecular complexity index is 278. The number of nitrogens with zero attached hydrogens (tertiary/aromatic N) is 1. The van der Waals surface area contributed by atoms with E-state index in [1.807, 2.05) is 0 Å². The van der Waals surface area contributed by atoms with Crippen LogP contribution in [0, 0.1) is 5.92 Å². The summed E-state index contributed by atoms with van der Waals surface area (Å²) in [7, 11) is 0. The minimum Gasteiger partial charge on any atom is -0.352 e. The van der Waals surface area contributed by atoms with Gasteiger partial charge in [0.1, 0.15) is 0 Å². The molecule has 0 bridgehead atoms. The number of rotatable bonds is 3. The van der Waals surface area contributed by atoms with E-state index in [1.54, 1.807) is 0 Å². The van der Waals surface area contributed by atoms with Gasteiger partial charge >= 0.3 is 0 Å². The average Bonchev–Trinajstić information content (AvgIpc) is 2.27. The summed E-state index contributed by atoms with van der Waals surface area (Å²) in [4.78, 5) is 14.4. The Hall–Kier alpha value is -0.0900. The minimum absolute atomic E-state index is 0.0712. The number of halogens is 1. The van der Waals surface area contributed by atoms with Crippen LogP contribution in [0.3, 0.4) is 0 Å². The third kappa shape index (κ3) is 4.54. The molecule has 18 heavy (non-hydrogen) atoms. The first-order valence-electron chi connectivity index (χ1n) is 6.91. The van der Waals surface area contributed by atoms with Crippen LogP contribution in [0.1, 0.15) is 47.5 Å². The zero-order chi connectivity index (χ0) is 13.9. The predicted octanol–water partition coefficient (Wildman–Crippen LogP) is 2.79. The van der Waals surface area contributed by atoms with Crippen LogP contribution in [0.5, 0.6) is 0 Å². The molecule has 1 unspecified atom stereocenters. The molecular formula is C14H27BrN2O. The van der Waals surface area contributed by atoms with E-state index in [1.165, 1.54) is 0 Å². The van der Waals surface area contributed by atoms with E-state index >= 15 is 0 Å². The van der Waals surface area contributed by atoms with Gasteiger partial charge in [0, 0.05) is 24.7 Å². The molecule has 1 aliphatic rings. The molecule has 1 amide bonds. The molecule has 1 rings (SSSR count). The number of alkyl halides is 1. The van der Waals surface area contributed by atoms with Crippen molar-refractivity contribution in [2.45, 2.75) is 63.9 Å². The first kappa shape index (κ1) is 16.0. The van der Waals surface area contributed by atoms with Crippen molar-refractivity contribution in [3.05, 3.63) is 0 Å². The highest BCUT2D eigenvalue weighted by molar-refractivity contribution is 9.10. The van der Waals surface area contributed by atoms with E-state index in [0.717, 1.165) is 25.9 Å². The lowest BCUT2D eigenvalue weighted by molar-refractivity contribution is -0.122. The number of hydrogen-bond acceptors (Lipinski definition) is 2. The Morgan fingerprint density at radius 2 is 1.78 bits per heavy atom. The van der Waals surface area contributed by atoms with E-state index in [0.29, 0.717) is 12.0 Å². The molecule has 0 radical (unpaired) electrons. The summed E-state index contributed by atoms with van der Waals surface area (Å²) < 4.78 is 0. The summed E-state index contributed by atoms with van der Waals surface area (Å²) in [5, 5.41) is 3.16. The Kier molecular flexibility index (Phi) is 5.66.